The van der Waals surface area contributed by atoms with Crippen LogP contribution in [0.3, 0.4) is 0 Å². The molecule has 0 bridgehead atoms. The predicted octanol–water partition coefficient (Wildman–Crippen LogP) is 2.86. The van der Waals surface area contributed by atoms with Crippen LogP contribution in [0.2, 0.25) is 0 Å². The average Bonchev–Trinajstić information content (AvgIpc) is 2.58. The molecule has 5 nitrogen and oxygen atoms in total. The van der Waals surface area contributed by atoms with Crippen LogP contribution in [0.4, 0.5) is 0 Å². The summed E-state index contributed by atoms with van der Waals surface area (Å²) in [5.74, 6) is -0.584. The molecule has 1 aliphatic rings. The van der Waals surface area contributed by atoms with E-state index < -0.39 is 11.5 Å². The lowest BCUT2D eigenvalue weighted by atomic mass is 9.97. The Labute approximate surface area is 143 Å². The van der Waals surface area contributed by atoms with Crippen molar-refractivity contribution in [3.05, 3.63) is 35.9 Å². The van der Waals surface area contributed by atoms with Gasteiger partial charge in [-0.15, -0.1) is 0 Å². The van der Waals surface area contributed by atoms with Gasteiger partial charge in [0.1, 0.15) is 6.61 Å². The van der Waals surface area contributed by atoms with E-state index in [0.29, 0.717) is 0 Å². The fourth-order valence-electron chi connectivity index (χ4n) is 2.51. The summed E-state index contributed by atoms with van der Waals surface area (Å²) in [7, 11) is 0. The first-order valence-corrected chi connectivity index (χ1v) is 8.51. The Bertz CT molecular complexity index is 544. The van der Waals surface area contributed by atoms with Gasteiger partial charge in [-0.3, -0.25) is 9.59 Å². The summed E-state index contributed by atoms with van der Waals surface area (Å²) in [6, 6.07) is 9.40. The van der Waals surface area contributed by atoms with Crippen molar-refractivity contribution in [1.29, 1.82) is 0 Å². The predicted molar refractivity (Wildman–Crippen MR) is 91.3 cm³/mol. The highest BCUT2D eigenvalue weighted by molar-refractivity contribution is 5.76. The van der Waals surface area contributed by atoms with Gasteiger partial charge in [-0.2, -0.15) is 0 Å². The number of esters is 2. The minimum absolute atomic E-state index is 0.0502. The SMILES string of the molecule is CC(C)(C)C(=O)OC(COC(=O)C1CCNCC1)c1ccccc1. The molecule has 0 amide bonds. The number of carbonyl (C=O) groups is 2. The molecule has 132 valence electrons. The van der Waals surface area contributed by atoms with Crippen LogP contribution in [0.25, 0.3) is 0 Å². The summed E-state index contributed by atoms with van der Waals surface area (Å²) >= 11 is 0. The lowest BCUT2D eigenvalue weighted by Crippen LogP contribution is -2.34. The molecule has 5 heteroatoms. The van der Waals surface area contributed by atoms with Crippen LogP contribution < -0.4 is 5.32 Å². The maximum Gasteiger partial charge on any atom is 0.311 e. The first-order valence-electron chi connectivity index (χ1n) is 8.51. The molecular weight excluding hydrogens is 306 g/mol. The van der Waals surface area contributed by atoms with E-state index in [1.165, 1.54) is 0 Å². The summed E-state index contributed by atoms with van der Waals surface area (Å²) in [5.41, 5.74) is 0.222. The van der Waals surface area contributed by atoms with Crippen LogP contribution in [0.15, 0.2) is 30.3 Å². The molecule has 1 heterocycles. The Morgan fingerprint density at radius 2 is 1.79 bits per heavy atom. The third kappa shape index (κ3) is 5.34. The number of hydrogen-bond donors (Lipinski definition) is 1. The van der Waals surface area contributed by atoms with Gasteiger partial charge in [0, 0.05) is 0 Å². The molecule has 2 rings (SSSR count). The highest BCUT2D eigenvalue weighted by Crippen LogP contribution is 2.24. The molecule has 0 radical (unpaired) electrons. The van der Waals surface area contributed by atoms with Crippen molar-refractivity contribution in [1.82, 2.24) is 5.32 Å². The standard InChI is InChI=1S/C19H27NO4/c1-19(2,3)18(22)24-16(14-7-5-4-6-8-14)13-23-17(21)15-9-11-20-12-10-15/h4-8,15-16,20H,9-13H2,1-3H3. The molecule has 0 saturated carbocycles. The molecule has 24 heavy (non-hydrogen) atoms. The molecule has 1 saturated heterocycles. The van der Waals surface area contributed by atoms with E-state index in [0.717, 1.165) is 31.5 Å². The summed E-state index contributed by atoms with van der Waals surface area (Å²) in [6.45, 7) is 7.13. The van der Waals surface area contributed by atoms with Gasteiger partial charge in [-0.1, -0.05) is 30.3 Å². The normalized spacial score (nSPS) is 17.1. The maximum atomic E-state index is 12.2. The van der Waals surface area contributed by atoms with E-state index in [1.54, 1.807) is 20.8 Å². The van der Waals surface area contributed by atoms with Crippen molar-refractivity contribution in [3.63, 3.8) is 0 Å². The number of rotatable bonds is 5. The number of hydrogen-bond acceptors (Lipinski definition) is 5. The van der Waals surface area contributed by atoms with Gasteiger partial charge >= 0.3 is 11.9 Å². The third-order valence-electron chi connectivity index (χ3n) is 4.08. The smallest absolute Gasteiger partial charge is 0.311 e. The van der Waals surface area contributed by atoms with E-state index in [-0.39, 0.29) is 24.5 Å². The van der Waals surface area contributed by atoms with Crippen molar-refractivity contribution in [2.24, 2.45) is 11.3 Å². The molecule has 1 aliphatic heterocycles. The second kappa shape index (κ2) is 8.29. The molecule has 1 N–H and O–H groups in total. The monoisotopic (exact) mass is 333 g/mol. The van der Waals surface area contributed by atoms with Crippen LogP contribution in [-0.4, -0.2) is 31.6 Å². The van der Waals surface area contributed by atoms with Gasteiger partial charge in [-0.25, -0.2) is 0 Å². The lowest BCUT2D eigenvalue weighted by molar-refractivity contribution is -0.168. The number of nitrogens with one attached hydrogen (secondary N) is 1. The maximum absolute atomic E-state index is 12.2. The summed E-state index contributed by atoms with van der Waals surface area (Å²) in [4.78, 5) is 24.4. The zero-order valence-electron chi connectivity index (χ0n) is 14.7. The van der Waals surface area contributed by atoms with E-state index in [4.69, 9.17) is 9.47 Å². The van der Waals surface area contributed by atoms with Gasteiger partial charge in [0.15, 0.2) is 6.10 Å². The fraction of sp³-hybridized carbons (Fsp3) is 0.579. The molecule has 1 fully saturated rings. The number of benzene rings is 1. The zero-order valence-corrected chi connectivity index (χ0v) is 14.7. The van der Waals surface area contributed by atoms with Crippen LogP contribution in [0.1, 0.15) is 45.3 Å². The van der Waals surface area contributed by atoms with Gasteiger partial charge < -0.3 is 14.8 Å². The summed E-state index contributed by atoms with van der Waals surface area (Å²) in [5, 5.41) is 3.23. The first kappa shape index (κ1) is 18.5. The van der Waals surface area contributed by atoms with Crippen molar-refractivity contribution in [2.45, 2.75) is 39.7 Å². The van der Waals surface area contributed by atoms with Crippen LogP contribution in [0, 0.1) is 11.3 Å². The second-order valence-electron chi connectivity index (χ2n) is 7.21. The molecule has 0 spiro atoms. The number of carbonyl (C=O) groups excluding carboxylic acids is 2. The molecule has 0 aromatic heterocycles. The third-order valence-corrected chi connectivity index (χ3v) is 4.08. The largest absolute Gasteiger partial charge is 0.461 e. The summed E-state index contributed by atoms with van der Waals surface area (Å²) < 4.78 is 11.1. The summed E-state index contributed by atoms with van der Waals surface area (Å²) in [6.07, 6.45) is 0.997. The molecule has 1 aromatic carbocycles. The Balaban J connectivity index is 2.00. The Morgan fingerprint density at radius 1 is 1.17 bits per heavy atom. The van der Waals surface area contributed by atoms with Crippen molar-refractivity contribution < 1.29 is 19.1 Å². The highest BCUT2D eigenvalue weighted by Gasteiger charge is 2.29. The van der Waals surface area contributed by atoms with E-state index >= 15 is 0 Å². The van der Waals surface area contributed by atoms with Gasteiger partial charge in [-0.05, 0) is 52.3 Å². The zero-order chi connectivity index (χ0) is 17.6. The van der Waals surface area contributed by atoms with Crippen molar-refractivity contribution in [2.75, 3.05) is 19.7 Å². The highest BCUT2D eigenvalue weighted by atomic mass is 16.6. The van der Waals surface area contributed by atoms with Gasteiger partial charge in [0.2, 0.25) is 0 Å². The van der Waals surface area contributed by atoms with Crippen molar-refractivity contribution in [3.8, 4) is 0 Å². The van der Waals surface area contributed by atoms with E-state index in [9.17, 15) is 9.59 Å². The minimum atomic E-state index is -0.605. The second-order valence-corrected chi connectivity index (χ2v) is 7.21. The Hall–Kier alpha value is -1.88. The van der Waals surface area contributed by atoms with Gasteiger partial charge in [0.25, 0.3) is 0 Å². The fourth-order valence-corrected chi connectivity index (χ4v) is 2.51. The quantitative estimate of drug-likeness (QED) is 0.840. The van der Waals surface area contributed by atoms with Gasteiger partial charge in [0.05, 0.1) is 11.3 Å². The van der Waals surface area contributed by atoms with Crippen LogP contribution >= 0.6 is 0 Å². The topological polar surface area (TPSA) is 64.6 Å². The Kier molecular flexibility index (Phi) is 6.37. The lowest BCUT2D eigenvalue weighted by Gasteiger charge is -2.25. The minimum Gasteiger partial charge on any atom is -0.461 e. The molecular formula is C19H27NO4. The average molecular weight is 333 g/mol. The van der Waals surface area contributed by atoms with Crippen molar-refractivity contribution >= 4 is 11.9 Å². The first-order chi connectivity index (χ1) is 11.4. The molecule has 1 aromatic rings. The van der Waals surface area contributed by atoms with E-state index in [1.807, 2.05) is 30.3 Å². The van der Waals surface area contributed by atoms with Crippen LogP contribution in [0.5, 0.6) is 0 Å². The van der Waals surface area contributed by atoms with E-state index in [2.05, 4.69) is 5.32 Å². The molecule has 0 aliphatic carbocycles. The molecule has 1 unspecified atom stereocenters. The number of piperidine rings is 1. The Morgan fingerprint density at radius 3 is 2.38 bits per heavy atom. The van der Waals surface area contributed by atoms with Crippen LogP contribution in [-0.2, 0) is 19.1 Å². The number of ether oxygens (including phenoxy) is 2. The molecule has 1 atom stereocenters.